The van der Waals surface area contributed by atoms with Crippen LogP contribution in [0.5, 0.6) is 0 Å². The SMILES string of the molecule is CCO.Nc1cccc(N)c1.O=P(O)(O)O.O=S(=O)(O)O.[H-].[Na+]. The largest absolute Gasteiger partial charge is 1.00 e. The van der Waals surface area contributed by atoms with Gasteiger partial charge in [-0.1, -0.05) is 6.07 Å². The van der Waals surface area contributed by atoms with E-state index in [9.17, 15) is 0 Å². The Kier molecular flexibility index (Phi) is 21.1. The van der Waals surface area contributed by atoms with Gasteiger partial charge in [0.25, 0.3) is 0 Å². The summed E-state index contributed by atoms with van der Waals surface area (Å²) < 4.78 is 40.5. The molecule has 0 aliphatic carbocycles. The summed E-state index contributed by atoms with van der Waals surface area (Å²) >= 11 is 0. The molecule has 0 saturated heterocycles. The van der Waals surface area contributed by atoms with Gasteiger partial charge in [-0.05, 0) is 25.1 Å². The van der Waals surface area contributed by atoms with Crippen molar-refractivity contribution in [1.29, 1.82) is 0 Å². The van der Waals surface area contributed by atoms with Gasteiger partial charge < -0.3 is 32.7 Å². The molecule has 0 unspecified atom stereocenters. The van der Waals surface area contributed by atoms with Crippen LogP contribution >= 0.6 is 7.82 Å². The van der Waals surface area contributed by atoms with E-state index in [4.69, 9.17) is 53.3 Å². The molecule has 11 nitrogen and oxygen atoms in total. The van der Waals surface area contributed by atoms with Gasteiger partial charge in [0.05, 0.1) is 0 Å². The van der Waals surface area contributed by atoms with Gasteiger partial charge in [0, 0.05) is 18.0 Å². The molecule has 22 heavy (non-hydrogen) atoms. The Balaban J connectivity index is -0.0000000647. The van der Waals surface area contributed by atoms with Crippen LogP contribution < -0.4 is 41.0 Å². The molecule has 14 heteroatoms. The van der Waals surface area contributed by atoms with Crippen LogP contribution in [0.2, 0.25) is 0 Å². The van der Waals surface area contributed by atoms with Crippen molar-refractivity contribution < 1.29 is 72.9 Å². The predicted molar refractivity (Wildman–Crippen MR) is 77.6 cm³/mol. The van der Waals surface area contributed by atoms with E-state index < -0.39 is 18.2 Å². The summed E-state index contributed by atoms with van der Waals surface area (Å²) in [5, 5.41) is 7.57. The number of aliphatic hydroxyl groups excluding tert-OH is 1. The Morgan fingerprint density at radius 1 is 1.14 bits per heavy atom. The van der Waals surface area contributed by atoms with Gasteiger partial charge in [0.15, 0.2) is 0 Å². The van der Waals surface area contributed by atoms with Gasteiger partial charge in [-0.3, -0.25) is 9.11 Å². The first kappa shape index (κ1) is 29.7. The van der Waals surface area contributed by atoms with Crippen LogP contribution in [0.25, 0.3) is 0 Å². The molecule has 0 radical (unpaired) electrons. The van der Waals surface area contributed by atoms with Crippen LogP contribution in [0.3, 0.4) is 0 Å². The maximum absolute atomic E-state index is 8.88. The van der Waals surface area contributed by atoms with Crippen LogP contribution in [0.15, 0.2) is 24.3 Å². The third-order valence-corrected chi connectivity index (χ3v) is 0.911. The summed E-state index contributed by atoms with van der Waals surface area (Å²) in [6.45, 7) is 1.93. The molecule has 10 N–H and O–H groups in total. The second-order valence-corrected chi connectivity index (χ2v) is 4.87. The molecule has 0 spiro atoms. The monoisotopic (exact) mass is 374 g/mol. The Bertz CT molecular complexity index is 495. The molecule has 1 aromatic carbocycles. The summed E-state index contributed by atoms with van der Waals surface area (Å²) in [7, 11) is -9.31. The third kappa shape index (κ3) is 73.0. The molecule has 0 atom stereocenters. The van der Waals surface area contributed by atoms with Gasteiger partial charge in [-0.2, -0.15) is 8.42 Å². The Morgan fingerprint density at radius 3 is 1.41 bits per heavy atom. The Labute approximate surface area is 151 Å². The zero-order valence-electron chi connectivity index (χ0n) is 12.9. The average molecular weight is 374 g/mol. The molecule has 0 aromatic heterocycles. The van der Waals surface area contributed by atoms with Crippen molar-refractivity contribution in [2.75, 3.05) is 18.1 Å². The van der Waals surface area contributed by atoms with E-state index in [2.05, 4.69) is 0 Å². The number of benzene rings is 1. The molecule has 0 amide bonds. The summed E-state index contributed by atoms with van der Waals surface area (Å²) in [6.07, 6.45) is 0. The van der Waals surface area contributed by atoms with E-state index in [1.54, 1.807) is 25.1 Å². The number of hydrogen-bond acceptors (Lipinski definition) is 6. The van der Waals surface area contributed by atoms with E-state index in [0.717, 1.165) is 0 Å². The van der Waals surface area contributed by atoms with Crippen LogP contribution in [0.1, 0.15) is 8.35 Å². The molecule has 1 rings (SSSR count). The molecule has 0 fully saturated rings. The molecule has 128 valence electrons. The number of nitrogen functional groups attached to an aromatic ring is 2. The normalized spacial score (nSPS) is 9.41. The minimum absolute atomic E-state index is 0. The maximum atomic E-state index is 8.88. The minimum Gasteiger partial charge on any atom is -1.00 e. The smallest absolute Gasteiger partial charge is 1.00 e. The minimum atomic E-state index is -4.67. The van der Waals surface area contributed by atoms with Crippen molar-refractivity contribution in [1.82, 2.24) is 0 Å². The van der Waals surface area contributed by atoms with E-state index in [1.165, 1.54) is 0 Å². The average Bonchev–Trinajstić information content (AvgIpc) is 2.12. The summed E-state index contributed by atoms with van der Waals surface area (Å²) in [4.78, 5) is 21.6. The van der Waals surface area contributed by atoms with Gasteiger partial charge in [0.2, 0.25) is 0 Å². The number of aliphatic hydroxyl groups is 1. The van der Waals surface area contributed by atoms with Crippen LogP contribution in [-0.2, 0) is 15.0 Å². The molecule has 0 bridgehead atoms. The molecular formula is C8H20N2NaO9PS. The number of rotatable bonds is 0. The molecule has 1 aromatic rings. The zero-order chi connectivity index (χ0) is 17.7. The number of phosphoric acid groups is 1. The van der Waals surface area contributed by atoms with Crippen molar-refractivity contribution in [3.63, 3.8) is 0 Å². The second kappa shape index (κ2) is 15.6. The maximum Gasteiger partial charge on any atom is 1.00 e. The molecule has 0 aliphatic heterocycles. The zero-order valence-corrected chi connectivity index (χ0v) is 15.6. The summed E-state index contributed by atoms with van der Waals surface area (Å²) in [5.41, 5.74) is 12.2. The molecule has 0 saturated carbocycles. The van der Waals surface area contributed by atoms with E-state index in [1.807, 2.05) is 6.07 Å². The van der Waals surface area contributed by atoms with Gasteiger partial charge in [-0.25, -0.2) is 4.57 Å². The van der Waals surface area contributed by atoms with Crippen LogP contribution in [0, 0.1) is 0 Å². The first-order valence-corrected chi connectivity index (χ1v) is 7.87. The van der Waals surface area contributed by atoms with Crippen molar-refractivity contribution in [2.45, 2.75) is 6.92 Å². The Morgan fingerprint density at radius 2 is 1.32 bits per heavy atom. The fourth-order valence-electron chi connectivity index (χ4n) is 0.559. The van der Waals surface area contributed by atoms with Crippen molar-refractivity contribution in [3.05, 3.63) is 24.3 Å². The summed E-state index contributed by atoms with van der Waals surface area (Å²) in [6, 6.07) is 7.15. The second-order valence-electron chi connectivity index (χ2n) is 2.95. The predicted octanol–water partition coefficient (Wildman–Crippen LogP) is -3.62. The number of anilines is 2. The van der Waals surface area contributed by atoms with E-state index >= 15 is 0 Å². The fraction of sp³-hybridized carbons (Fsp3) is 0.250. The van der Waals surface area contributed by atoms with Crippen molar-refractivity contribution in [2.24, 2.45) is 0 Å². The van der Waals surface area contributed by atoms with Crippen LogP contribution in [0.4, 0.5) is 11.4 Å². The van der Waals surface area contributed by atoms with Crippen molar-refractivity contribution >= 4 is 29.6 Å². The van der Waals surface area contributed by atoms with Crippen molar-refractivity contribution in [3.8, 4) is 0 Å². The van der Waals surface area contributed by atoms with E-state index in [0.29, 0.717) is 11.4 Å². The van der Waals surface area contributed by atoms with Crippen LogP contribution in [-0.4, -0.2) is 43.9 Å². The quantitative estimate of drug-likeness (QED) is 0.0957. The third-order valence-electron chi connectivity index (χ3n) is 0.911. The van der Waals surface area contributed by atoms with Gasteiger partial charge >= 0.3 is 47.8 Å². The fourth-order valence-corrected chi connectivity index (χ4v) is 0.559. The summed E-state index contributed by atoms with van der Waals surface area (Å²) in [5.74, 6) is 0. The standard InChI is InChI=1S/C6H8N2.C2H6O.Na.H3O4P.H2O4S.H/c7-5-2-1-3-6(8)4-5;1-2-3;;2*1-5(2,3)4;/h1-4H,7-8H2;3H,2H2,1H3;;(H3,1,2,3,4);(H2,1,2,3,4);/q;;+1;;;-1. The first-order chi connectivity index (χ1) is 9.20. The first-order valence-electron chi connectivity index (χ1n) is 4.90. The molecule has 0 heterocycles. The van der Waals surface area contributed by atoms with E-state index in [-0.39, 0.29) is 37.6 Å². The van der Waals surface area contributed by atoms with Gasteiger partial charge in [-0.15, -0.1) is 0 Å². The number of hydrogen-bond donors (Lipinski definition) is 8. The molecule has 0 aliphatic rings. The van der Waals surface area contributed by atoms with Gasteiger partial charge in [0.1, 0.15) is 0 Å². The Hall–Kier alpha value is -0.240. The topological polar surface area (TPSA) is 225 Å². The number of nitrogens with two attached hydrogens (primary N) is 2. The molecular weight excluding hydrogens is 354 g/mol.